The highest BCUT2D eigenvalue weighted by atomic mass is 32.2. The molecule has 1 aliphatic rings. The molecule has 0 unspecified atom stereocenters. The summed E-state index contributed by atoms with van der Waals surface area (Å²) in [7, 11) is -3.74. The second kappa shape index (κ2) is 7.63. The molecule has 24 heavy (non-hydrogen) atoms. The van der Waals surface area contributed by atoms with E-state index in [1.165, 1.54) is 6.07 Å². The van der Waals surface area contributed by atoms with E-state index in [2.05, 4.69) is 15.4 Å². The summed E-state index contributed by atoms with van der Waals surface area (Å²) in [4.78, 5) is 24.8. The Balaban J connectivity index is 1.81. The molecule has 8 nitrogen and oxygen atoms in total. The number of amides is 3. The van der Waals surface area contributed by atoms with E-state index >= 15 is 0 Å². The number of hydrogen-bond acceptors (Lipinski definition) is 4. The van der Waals surface area contributed by atoms with Crippen molar-refractivity contribution in [2.75, 3.05) is 32.7 Å². The molecule has 0 saturated carbocycles. The van der Waals surface area contributed by atoms with Crippen molar-refractivity contribution < 1.29 is 18.0 Å². The van der Waals surface area contributed by atoms with Crippen LogP contribution in [0, 0.1) is 13.8 Å². The molecule has 0 atom stereocenters. The molecule has 0 radical (unpaired) electrons. The normalized spacial score (nSPS) is 14.6. The first-order valence-corrected chi connectivity index (χ1v) is 9.14. The number of rotatable bonds is 7. The topological polar surface area (TPSA) is 108 Å². The number of nitrogens with one attached hydrogen (secondary N) is 3. The summed E-state index contributed by atoms with van der Waals surface area (Å²) in [6.45, 7) is 5.12. The fourth-order valence-electron chi connectivity index (χ4n) is 2.46. The molecular weight excluding hydrogens is 332 g/mol. The smallest absolute Gasteiger partial charge is 0.317 e. The summed E-state index contributed by atoms with van der Waals surface area (Å²) in [6.07, 6.45) is 0. The van der Waals surface area contributed by atoms with Crippen LogP contribution in [-0.2, 0) is 14.8 Å². The Labute approximate surface area is 141 Å². The Hall–Kier alpha value is -2.13. The van der Waals surface area contributed by atoms with Crippen molar-refractivity contribution in [3.8, 4) is 0 Å². The zero-order chi connectivity index (χ0) is 17.7. The van der Waals surface area contributed by atoms with Gasteiger partial charge in [-0.15, -0.1) is 0 Å². The Kier molecular flexibility index (Phi) is 5.79. The average molecular weight is 354 g/mol. The van der Waals surface area contributed by atoms with E-state index in [0.29, 0.717) is 25.2 Å². The minimum atomic E-state index is -3.74. The molecule has 132 valence electrons. The lowest BCUT2D eigenvalue weighted by molar-refractivity contribution is -0.119. The predicted molar refractivity (Wildman–Crippen MR) is 89.1 cm³/mol. The summed E-state index contributed by atoms with van der Waals surface area (Å²) < 4.78 is 26.8. The van der Waals surface area contributed by atoms with Gasteiger partial charge in [-0.25, -0.2) is 17.9 Å². The Bertz CT molecular complexity index is 733. The number of carbonyl (C=O) groups is 2. The maximum absolute atomic E-state index is 12.2. The van der Waals surface area contributed by atoms with Crippen molar-refractivity contribution in [2.24, 2.45) is 0 Å². The van der Waals surface area contributed by atoms with Gasteiger partial charge in [0.05, 0.1) is 11.4 Å². The molecule has 1 fully saturated rings. The quantitative estimate of drug-likeness (QED) is 0.626. The summed E-state index contributed by atoms with van der Waals surface area (Å²) in [5.74, 6) is -0.442. The van der Waals surface area contributed by atoms with Crippen LogP contribution < -0.4 is 15.4 Å². The summed E-state index contributed by atoms with van der Waals surface area (Å²) >= 11 is 0. The second-order valence-electron chi connectivity index (χ2n) is 5.66. The first-order valence-electron chi connectivity index (χ1n) is 7.66. The van der Waals surface area contributed by atoms with Gasteiger partial charge in [-0.2, -0.15) is 0 Å². The molecule has 1 aromatic carbocycles. The van der Waals surface area contributed by atoms with Crippen molar-refractivity contribution in [1.82, 2.24) is 20.3 Å². The number of hydrogen-bond donors (Lipinski definition) is 3. The SMILES string of the molecule is Cc1ccc(S(=O)(=O)NCC(=O)NCCN2CCNC2=O)c(C)c1. The monoisotopic (exact) mass is 354 g/mol. The van der Waals surface area contributed by atoms with E-state index in [9.17, 15) is 18.0 Å². The van der Waals surface area contributed by atoms with Crippen LogP contribution in [0.4, 0.5) is 4.79 Å². The Morgan fingerprint density at radius 1 is 1.33 bits per heavy atom. The molecule has 3 N–H and O–H groups in total. The second-order valence-corrected chi connectivity index (χ2v) is 7.40. The van der Waals surface area contributed by atoms with Gasteiger partial charge in [0.1, 0.15) is 0 Å². The molecule has 1 aromatic rings. The summed E-state index contributed by atoms with van der Waals surface area (Å²) in [6, 6.07) is 4.86. The van der Waals surface area contributed by atoms with E-state index < -0.39 is 15.9 Å². The highest BCUT2D eigenvalue weighted by Gasteiger charge is 2.20. The van der Waals surface area contributed by atoms with Crippen molar-refractivity contribution >= 4 is 22.0 Å². The highest BCUT2D eigenvalue weighted by molar-refractivity contribution is 7.89. The third kappa shape index (κ3) is 4.68. The van der Waals surface area contributed by atoms with Gasteiger partial charge < -0.3 is 15.5 Å². The maximum atomic E-state index is 12.2. The minimum Gasteiger partial charge on any atom is -0.353 e. The fourth-order valence-corrected chi connectivity index (χ4v) is 3.66. The van der Waals surface area contributed by atoms with Gasteiger partial charge in [-0.1, -0.05) is 17.7 Å². The van der Waals surface area contributed by atoms with E-state index in [1.54, 1.807) is 24.0 Å². The van der Waals surface area contributed by atoms with E-state index in [1.807, 2.05) is 6.92 Å². The van der Waals surface area contributed by atoms with E-state index in [0.717, 1.165) is 5.56 Å². The number of nitrogens with zero attached hydrogens (tertiary/aromatic N) is 1. The standard InChI is InChI=1S/C15H22N4O4S/c1-11-3-4-13(12(2)9-11)24(22,23)18-10-14(20)16-5-7-19-8-6-17-15(19)21/h3-4,9,18H,5-8,10H2,1-2H3,(H,16,20)(H,17,21). The van der Waals surface area contributed by atoms with Crippen molar-refractivity contribution in [3.05, 3.63) is 29.3 Å². The molecule has 0 bridgehead atoms. The van der Waals surface area contributed by atoms with Crippen molar-refractivity contribution in [3.63, 3.8) is 0 Å². The lowest BCUT2D eigenvalue weighted by atomic mass is 10.2. The van der Waals surface area contributed by atoms with Crippen LogP contribution in [-0.4, -0.2) is 58.0 Å². The van der Waals surface area contributed by atoms with Gasteiger partial charge in [0, 0.05) is 26.2 Å². The van der Waals surface area contributed by atoms with Gasteiger partial charge in [0.15, 0.2) is 0 Å². The van der Waals surface area contributed by atoms with Crippen LogP contribution in [0.1, 0.15) is 11.1 Å². The van der Waals surface area contributed by atoms with Crippen LogP contribution in [0.25, 0.3) is 0 Å². The minimum absolute atomic E-state index is 0.153. The molecule has 3 amide bonds. The van der Waals surface area contributed by atoms with Gasteiger partial charge >= 0.3 is 6.03 Å². The number of benzene rings is 1. The molecule has 0 spiro atoms. The molecule has 1 saturated heterocycles. The highest BCUT2D eigenvalue weighted by Crippen LogP contribution is 2.15. The zero-order valence-electron chi connectivity index (χ0n) is 13.8. The van der Waals surface area contributed by atoms with E-state index in [-0.39, 0.29) is 24.0 Å². The van der Waals surface area contributed by atoms with Crippen LogP contribution in [0.15, 0.2) is 23.1 Å². The fraction of sp³-hybridized carbons (Fsp3) is 0.467. The predicted octanol–water partition coefficient (Wildman–Crippen LogP) is -0.277. The average Bonchev–Trinajstić information content (AvgIpc) is 2.90. The van der Waals surface area contributed by atoms with E-state index in [4.69, 9.17) is 0 Å². The zero-order valence-corrected chi connectivity index (χ0v) is 14.6. The molecule has 9 heteroatoms. The lowest BCUT2D eigenvalue weighted by Crippen LogP contribution is -2.41. The number of aryl methyl sites for hydroxylation is 2. The van der Waals surface area contributed by atoms with Crippen LogP contribution in [0.3, 0.4) is 0 Å². The van der Waals surface area contributed by atoms with Gasteiger partial charge in [-0.05, 0) is 25.5 Å². The Morgan fingerprint density at radius 2 is 2.08 bits per heavy atom. The molecule has 0 aromatic heterocycles. The third-order valence-electron chi connectivity index (χ3n) is 3.69. The van der Waals surface area contributed by atoms with Gasteiger partial charge in [0.2, 0.25) is 15.9 Å². The summed E-state index contributed by atoms with van der Waals surface area (Å²) in [5, 5.41) is 5.25. The number of carbonyl (C=O) groups excluding carboxylic acids is 2. The molecule has 1 heterocycles. The molecule has 2 rings (SSSR count). The van der Waals surface area contributed by atoms with Crippen molar-refractivity contribution in [2.45, 2.75) is 18.7 Å². The van der Waals surface area contributed by atoms with Crippen LogP contribution in [0.5, 0.6) is 0 Å². The largest absolute Gasteiger partial charge is 0.353 e. The number of sulfonamides is 1. The molecular formula is C15H22N4O4S. The maximum Gasteiger partial charge on any atom is 0.317 e. The number of urea groups is 1. The van der Waals surface area contributed by atoms with Crippen LogP contribution >= 0.6 is 0 Å². The van der Waals surface area contributed by atoms with Crippen LogP contribution in [0.2, 0.25) is 0 Å². The molecule has 1 aliphatic heterocycles. The first-order chi connectivity index (χ1) is 11.3. The first kappa shape index (κ1) is 18.2. The van der Waals surface area contributed by atoms with Gasteiger partial charge in [-0.3, -0.25) is 4.79 Å². The lowest BCUT2D eigenvalue weighted by Gasteiger charge is -2.14. The third-order valence-corrected chi connectivity index (χ3v) is 5.25. The summed E-state index contributed by atoms with van der Waals surface area (Å²) in [5.41, 5.74) is 1.60. The molecule has 0 aliphatic carbocycles. The Morgan fingerprint density at radius 3 is 2.71 bits per heavy atom. The van der Waals surface area contributed by atoms with Gasteiger partial charge in [0.25, 0.3) is 0 Å². The van der Waals surface area contributed by atoms with Crippen molar-refractivity contribution in [1.29, 1.82) is 0 Å².